The minimum Gasteiger partial charge on any atom is -0.330 e. The van der Waals surface area contributed by atoms with Crippen LogP contribution in [0.25, 0.3) is 11.0 Å². The minimum absolute atomic E-state index is 0.102. The highest BCUT2D eigenvalue weighted by Gasteiger charge is 2.17. The number of imidazole rings is 1. The number of hydrogen-bond donors (Lipinski definition) is 1. The maximum absolute atomic E-state index is 12.0. The molecule has 0 amide bonds. The number of hydrogen-bond acceptors (Lipinski definition) is 3. The van der Waals surface area contributed by atoms with Crippen LogP contribution in [-0.2, 0) is 17.8 Å². The summed E-state index contributed by atoms with van der Waals surface area (Å²) < 4.78 is 2.15. The van der Waals surface area contributed by atoms with Crippen molar-refractivity contribution in [2.45, 2.75) is 33.2 Å². The van der Waals surface area contributed by atoms with Gasteiger partial charge in [0.15, 0.2) is 0 Å². The second kappa shape index (κ2) is 5.97. The number of aromatic nitrogens is 2. The summed E-state index contributed by atoms with van der Waals surface area (Å²) in [5, 5.41) is 0. The summed E-state index contributed by atoms with van der Waals surface area (Å²) >= 11 is 0. The summed E-state index contributed by atoms with van der Waals surface area (Å²) in [4.78, 5) is 16.6. The van der Waals surface area contributed by atoms with Crippen molar-refractivity contribution in [1.82, 2.24) is 9.55 Å². The van der Waals surface area contributed by atoms with Gasteiger partial charge in [0.1, 0.15) is 11.6 Å². The molecule has 19 heavy (non-hydrogen) atoms. The molecule has 0 saturated carbocycles. The lowest BCUT2D eigenvalue weighted by Gasteiger charge is -2.09. The van der Waals surface area contributed by atoms with Crippen molar-refractivity contribution < 1.29 is 4.79 Å². The number of carbonyl (C=O) groups is 1. The molecule has 0 spiro atoms. The number of benzene rings is 1. The monoisotopic (exact) mass is 259 g/mol. The van der Waals surface area contributed by atoms with Gasteiger partial charge in [-0.15, -0.1) is 0 Å². The number of nitrogens with two attached hydrogens (primary N) is 1. The van der Waals surface area contributed by atoms with Crippen LogP contribution in [0.4, 0.5) is 0 Å². The predicted octanol–water partition coefficient (Wildman–Crippen LogP) is 2.15. The van der Waals surface area contributed by atoms with Crippen LogP contribution in [0.15, 0.2) is 24.3 Å². The Morgan fingerprint density at radius 1 is 1.42 bits per heavy atom. The van der Waals surface area contributed by atoms with Crippen molar-refractivity contribution in [3.63, 3.8) is 0 Å². The van der Waals surface area contributed by atoms with E-state index in [-0.39, 0.29) is 11.7 Å². The van der Waals surface area contributed by atoms with E-state index in [4.69, 9.17) is 5.73 Å². The molecule has 1 aromatic heterocycles. The molecule has 0 saturated heterocycles. The lowest BCUT2D eigenvalue weighted by atomic mass is 10.0. The highest BCUT2D eigenvalue weighted by atomic mass is 16.1. The van der Waals surface area contributed by atoms with Crippen molar-refractivity contribution in [2.75, 3.05) is 6.54 Å². The first-order valence-corrected chi connectivity index (χ1v) is 6.84. The first kappa shape index (κ1) is 13.7. The Kier molecular flexibility index (Phi) is 4.32. The number of aryl methyl sites for hydroxylation is 1. The average Bonchev–Trinajstić information content (AvgIpc) is 2.76. The van der Waals surface area contributed by atoms with Crippen LogP contribution in [0, 0.1) is 5.92 Å². The van der Waals surface area contributed by atoms with E-state index in [2.05, 4.69) is 22.5 Å². The Morgan fingerprint density at radius 3 is 2.84 bits per heavy atom. The van der Waals surface area contributed by atoms with Crippen LogP contribution in [0.3, 0.4) is 0 Å². The highest BCUT2D eigenvalue weighted by Crippen LogP contribution is 2.17. The Balaban J connectivity index is 2.36. The van der Waals surface area contributed by atoms with E-state index in [1.807, 2.05) is 25.1 Å². The smallest absolute Gasteiger partial charge is 0.144 e. The number of ketones is 1. The largest absolute Gasteiger partial charge is 0.330 e. The molecule has 0 fully saturated rings. The molecule has 1 atom stereocenters. The minimum atomic E-state index is -0.102. The molecule has 4 heteroatoms. The molecular weight excluding hydrogens is 238 g/mol. The zero-order chi connectivity index (χ0) is 13.8. The summed E-state index contributed by atoms with van der Waals surface area (Å²) in [6.07, 6.45) is 1.39. The van der Waals surface area contributed by atoms with Gasteiger partial charge < -0.3 is 10.3 Å². The molecule has 0 radical (unpaired) electrons. The number of fused-ring (bicyclic) bond motifs is 1. The van der Waals surface area contributed by atoms with Crippen molar-refractivity contribution in [2.24, 2.45) is 11.7 Å². The Bertz CT molecular complexity index is 574. The molecule has 4 nitrogen and oxygen atoms in total. The first-order chi connectivity index (χ1) is 9.17. The topological polar surface area (TPSA) is 60.9 Å². The number of Topliss-reactive ketones (excluding diaryl/α,β-unsaturated/α-hetero) is 1. The van der Waals surface area contributed by atoms with E-state index >= 15 is 0 Å². The molecule has 1 aromatic carbocycles. The van der Waals surface area contributed by atoms with Gasteiger partial charge in [-0.1, -0.05) is 26.0 Å². The normalized spacial score (nSPS) is 12.8. The summed E-state index contributed by atoms with van der Waals surface area (Å²) in [5.74, 6) is 0.915. The van der Waals surface area contributed by atoms with E-state index in [1.54, 1.807) is 0 Å². The van der Waals surface area contributed by atoms with Gasteiger partial charge in [-0.25, -0.2) is 4.98 Å². The molecule has 1 heterocycles. The van der Waals surface area contributed by atoms with Gasteiger partial charge in [-0.05, 0) is 18.6 Å². The van der Waals surface area contributed by atoms with Gasteiger partial charge in [-0.2, -0.15) is 0 Å². The third-order valence-electron chi connectivity index (χ3n) is 3.42. The molecule has 0 aliphatic rings. The third-order valence-corrected chi connectivity index (χ3v) is 3.42. The van der Waals surface area contributed by atoms with Crippen LogP contribution in [0.1, 0.15) is 26.1 Å². The van der Waals surface area contributed by atoms with Crippen molar-refractivity contribution >= 4 is 16.8 Å². The second-order valence-corrected chi connectivity index (χ2v) is 4.95. The number of para-hydroxylation sites is 2. The molecular formula is C15H21N3O. The summed E-state index contributed by atoms with van der Waals surface area (Å²) in [6, 6.07) is 8.02. The SMILES string of the molecule is CCCn1c(CC(=O)C(C)CN)nc2ccccc21. The van der Waals surface area contributed by atoms with E-state index in [9.17, 15) is 4.79 Å². The standard InChI is InChI=1S/C15H21N3O/c1-3-8-18-13-7-5-4-6-12(13)17-15(18)9-14(19)11(2)10-16/h4-7,11H,3,8-10,16H2,1-2H3. The Hall–Kier alpha value is -1.68. The van der Waals surface area contributed by atoms with Crippen LogP contribution >= 0.6 is 0 Å². The fraction of sp³-hybridized carbons (Fsp3) is 0.467. The highest BCUT2D eigenvalue weighted by molar-refractivity contribution is 5.84. The molecule has 2 aromatic rings. The maximum Gasteiger partial charge on any atom is 0.144 e. The predicted molar refractivity (Wildman–Crippen MR) is 77.0 cm³/mol. The number of rotatable bonds is 6. The summed E-state index contributed by atoms with van der Waals surface area (Å²) in [7, 11) is 0. The molecule has 102 valence electrons. The van der Waals surface area contributed by atoms with Crippen LogP contribution in [0.2, 0.25) is 0 Å². The fourth-order valence-electron chi connectivity index (χ4n) is 2.19. The zero-order valence-electron chi connectivity index (χ0n) is 11.6. The van der Waals surface area contributed by atoms with Gasteiger partial charge in [0, 0.05) is 19.0 Å². The summed E-state index contributed by atoms with van der Waals surface area (Å²) in [6.45, 7) is 5.28. The van der Waals surface area contributed by atoms with Crippen molar-refractivity contribution in [1.29, 1.82) is 0 Å². The molecule has 0 aliphatic heterocycles. The lowest BCUT2D eigenvalue weighted by molar-refractivity contribution is -0.121. The van der Waals surface area contributed by atoms with Gasteiger partial charge in [0.25, 0.3) is 0 Å². The molecule has 0 aliphatic carbocycles. The average molecular weight is 259 g/mol. The van der Waals surface area contributed by atoms with E-state index in [0.717, 1.165) is 29.8 Å². The van der Waals surface area contributed by atoms with Crippen LogP contribution in [0.5, 0.6) is 0 Å². The Labute approximate surface area is 113 Å². The van der Waals surface area contributed by atoms with Gasteiger partial charge in [0.2, 0.25) is 0 Å². The number of carbonyl (C=O) groups excluding carboxylic acids is 1. The molecule has 0 bridgehead atoms. The van der Waals surface area contributed by atoms with Crippen LogP contribution in [-0.4, -0.2) is 21.9 Å². The van der Waals surface area contributed by atoms with Crippen LogP contribution < -0.4 is 5.73 Å². The first-order valence-electron chi connectivity index (χ1n) is 6.84. The van der Waals surface area contributed by atoms with Gasteiger partial charge in [-0.3, -0.25) is 4.79 Å². The van der Waals surface area contributed by atoms with E-state index in [0.29, 0.717) is 13.0 Å². The third kappa shape index (κ3) is 2.84. The quantitative estimate of drug-likeness (QED) is 0.864. The van der Waals surface area contributed by atoms with Gasteiger partial charge in [0.05, 0.1) is 17.5 Å². The maximum atomic E-state index is 12.0. The van der Waals surface area contributed by atoms with E-state index in [1.165, 1.54) is 0 Å². The Morgan fingerprint density at radius 2 is 2.16 bits per heavy atom. The molecule has 1 unspecified atom stereocenters. The second-order valence-electron chi connectivity index (χ2n) is 4.95. The van der Waals surface area contributed by atoms with Gasteiger partial charge >= 0.3 is 0 Å². The van der Waals surface area contributed by atoms with E-state index < -0.39 is 0 Å². The molecule has 2 rings (SSSR count). The number of nitrogens with zero attached hydrogens (tertiary/aromatic N) is 2. The summed E-state index contributed by atoms with van der Waals surface area (Å²) in [5.41, 5.74) is 7.61. The zero-order valence-corrected chi connectivity index (χ0v) is 11.6. The fourth-order valence-corrected chi connectivity index (χ4v) is 2.19. The van der Waals surface area contributed by atoms with Crippen molar-refractivity contribution in [3.05, 3.63) is 30.1 Å². The molecule has 2 N–H and O–H groups in total. The lowest BCUT2D eigenvalue weighted by Crippen LogP contribution is -2.23. The van der Waals surface area contributed by atoms with Crippen molar-refractivity contribution in [3.8, 4) is 0 Å².